The fraction of sp³-hybridized carbons (Fsp3) is 0.444. The van der Waals surface area contributed by atoms with Crippen molar-refractivity contribution in [3.63, 3.8) is 0 Å². The van der Waals surface area contributed by atoms with Crippen molar-refractivity contribution in [3.05, 3.63) is 17.0 Å². The van der Waals surface area contributed by atoms with Gasteiger partial charge in [0.15, 0.2) is 11.0 Å². The summed E-state index contributed by atoms with van der Waals surface area (Å²) in [6.45, 7) is 5.94. The fourth-order valence-electron chi connectivity index (χ4n) is 1.37. The molecule has 6 heteroatoms. The van der Waals surface area contributed by atoms with E-state index in [0.717, 1.165) is 11.5 Å². The Bertz CT molecular complexity index is 490. The van der Waals surface area contributed by atoms with E-state index in [9.17, 15) is 0 Å². The minimum atomic E-state index is 0.310. The third kappa shape index (κ3) is 1.87. The summed E-state index contributed by atoms with van der Waals surface area (Å²) in [7, 11) is 0. The van der Waals surface area contributed by atoms with Crippen LogP contribution in [-0.4, -0.2) is 25.9 Å². The van der Waals surface area contributed by atoms with Crippen molar-refractivity contribution in [2.45, 2.75) is 26.8 Å². The molecule has 80 valence electrons. The topological polar surface area (TPSA) is 55.1 Å². The van der Waals surface area contributed by atoms with Gasteiger partial charge in [-0.3, -0.25) is 0 Å². The average molecular weight is 226 g/mol. The van der Waals surface area contributed by atoms with E-state index in [1.165, 1.54) is 0 Å². The summed E-state index contributed by atoms with van der Waals surface area (Å²) >= 11 is 5.91. The fourth-order valence-corrected chi connectivity index (χ4v) is 1.56. The van der Waals surface area contributed by atoms with E-state index in [1.807, 2.05) is 20.8 Å². The summed E-state index contributed by atoms with van der Waals surface area (Å²) in [5.74, 6) is 0.722. The summed E-state index contributed by atoms with van der Waals surface area (Å²) < 4.78 is 1.63. The second kappa shape index (κ2) is 3.66. The number of hydrogen-bond acceptors (Lipinski definition) is 4. The maximum absolute atomic E-state index is 5.91. The first kappa shape index (κ1) is 10.2. The van der Waals surface area contributed by atoms with Crippen molar-refractivity contribution in [2.75, 3.05) is 5.32 Å². The van der Waals surface area contributed by atoms with E-state index in [2.05, 4.69) is 20.6 Å². The molecule has 5 nitrogen and oxygen atoms in total. The van der Waals surface area contributed by atoms with E-state index < -0.39 is 0 Å². The van der Waals surface area contributed by atoms with E-state index in [-0.39, 0.29) is 0 Å². The van der Waals surface area contributed by atoms with Crippen LogP contribution in [0.4, 0.5) is 5.69 Å². The van der Waals surface area contributed by atoms with Gasteiger partial charge in [0, 0.05) is 12.1 Å². The number of hydrogen-bond donors (Lipinski definition) is 1. The van der Waals surface area contributed by atoms with E-state index in [4.69, 9.17) is 11.6 Å². The van der Waals surface area contributed by atoms with Gasteiger partial charge in [-0.05, 0) is 20.8 Å². The normalized spacial score (nSPS) is 11.3. The van der Waals surface area contributed by atoms with Gasteiger partial charge in [-0.1, -0.05) is 11.6 Å². The van der Waals surface area contributed by atoms with Crippen LogP contribution in [0, 0.1) is 6.92 Å². The lowest BCUT2D eigenvalue weighted by Crippen LogP contribution is -2.11. The van der Waals surface area contributed by atoms with Gasteiger partial charge in [0.1, 0.15) is 0 Å². The van der Waals surface area contributed by atoms with Gasteiger partial charge >= 0.3 is 0 Å². The summed E-state index contributed by atoms with van der Waals surface area (Å²) in [6, 6.07) is 2.06. The number of nitrogens with zero attached hydrogens (tertiary/aromatic N) is 4. The first-order valence-electron chi connectivity index (χ1n) is 4.73. The zero-order valence-electron chi connectivity index (χ0n) is 8.82. The Morgan fingerprint density at radius 1 is 1.40 bits per heavy atom. The van der Waals surface area contributed by atoms with Gasteiger partial charge in [0.25, 0.3) is 0 Å². The van der Waals surface area contributed by atoms with Crippen molar-refractivity contribution in [1.29, 1.82) is 0 Å². The first-order valence-corrected chi connectivity index (χ1v) is 5.11. The highest BCUT2D eigenvalue weighted by Crippen LogP contribution is 2.19. The quantitative estimate of drug-likeness (QED) is 0.848. The molecule has 0 bridgehead atoms. The molecule has 0 fully saturated rings. The summed E-state index contributed by atoms with van der Waals surface area (Å²) in [6.07, 6.45) is 0. The van der Waals surface area contributed by atoms with Crippen molar-refractivity contribution in [1.82, 2.24) is 19.8 Å². The number of nitrogens with one attached hydrogen (secondary N) is 1. The molecule has 0 amide bonds. The smallest absolute Gasteiger partial charge is 0.201 e. The van der Waals surface area contributed by atoms with Crippen LogP contribution in [0.25, 0.3) is 5.65 Å². The number of fused-ring (bicyclic) bond motifs is 1. The second-order valence-corrected chi connectivity index (χ2v) is 4.05. The highest BCUT2D eigenvalue weighted by Gasteiger charge is 2.10. The van der Waals surface area contributed by atoms with Crippen molar-refractivity contribution < 1.29 is 0 Å². The highest BCUT2D eigenvalue weighted by molar-refractivity contribution is 6.29. The molecule has 2 rings (SSSR count). The van der Waals surface area contributed by atoms with E-state index in [1.54, 1.807) is 10.6 Å². The maximum atomic E-state index is 5.91. The monoisotopic (exact) mass is 225 g/mol. The van der Waals surface area contributed by atoms with Crippen LogP contribution in [0.15, 0.2) is 6.07 Å². The van der Waals surface area contributed by atoms with Gasteiger partial charge in [-0.15, -0.1) is 10.2 Å². The lowest BCUT2D eigenvalue weighted by atomic mass is 10.3. The molecule has 2 aromatic rings. The molecule has 0 spiro atoms. The van der Waals surface area contributed by atoms with Crippen LogP contribution in [0.1, 0.15) is 19.7 Å². The Labute approximate surface area is 92.5 Å². The van der Waals surface area contributed by atoms with Gasteiger partial charge in [-0.2, -0.15) is 9.61 Å². The SMILES string of the molecule is Cc1nnc2c(NC(C)C)cc(Cl)nn12. The van der Waals surface area contributed by atoms with Gasteiger partial charge in [0.05, 0.1) is 5.69 Å². The Morgan fingerprint density at radius 3 is 2.80 bits per heavy atom. The number of anilines is 1. The average Bonchev–Trinajstić information content (AvgIpc) is 2.47. The van der Waals surface area contributed by atoms with Crippen LogP contribution >= 0.6 is 11.6 Å². The molecular weight excluding hydrogens is 214 g/mol. The Morgan fingerprint density at radius 2 is 2.13 bits per heavy atom. The zero-order valence-corrected chi connectivity index (χ0v) is 9.58. The molecular formula is C9H12ClN5. The summed E-state index contributed by atoms with van der Waals surface area (Å²) in [5.41, 5.74) is 1.55. The van der Waals surface area contributed by atoms with Crippen LogP contribution in [0.2, 0.25) is 5.15 Å². The highest BCUT2D eigenvalue weighted by atomic mass is 35.5. The number of halogens is 1. The van der Waals surface area contributed by atoms with Crippen molar-refractivity contribution in [2.24, 2.45) is 0 Å². The Balaban J connectivity index is 2.61. The maximum Gasteiger partial charge on any atom is 0.201 e. The number of rotatable bonds is 2. The van der Waals surface area contributed by atoms with Gasteiger partial charge < -0.3 is 5.32 Å². The molecule has 1 N–H and O–H groups in total. The molecule has 0 aliphatic rings. The zero-order chi connectivity index (χ0) is 11.0. The molecule has 0 aliphatic carbocycles. The molecule has 0 aliphatic heterocycles. The standard InChI is InChI=1S/C9H12ClN5/c1-5(2)11-7-4-8(10)14-15-6(3)12-13-9(7)15/h4-5,11H,1-3H3. The third-order valence-electron chi connectivity index (χ3n) is 1.94. The van der Waals surface area contributed by atoms with E-state index in [0.29, 0.717) is 16.8 Å². The molecule has 2 aromatic heterocycles. The lowest BCUT2D eigenvalue weighted by molar-refractivity contribution is 0.863. The van der Waals surface area contributed by atoms with Gasteiger partial charge in [0.2, 0.25) is 5.65 Å². The summed E-state index contributed by atoms with van der Waals surface area (Å²) in [5, 5.41) is 15.8. The first-order chi connectivity index (χ1) is 7.08. The lowest BCUT2D eigenvalue weighted by Gasteiger charge is -2.10. The largest absolute Gasteiger partial charge is 0.380 e. The number of aromatic nitrogens is 4. The van der Waals surface area contributed by atoms with E-state index >= 15 is 0 Å². The minimum Gasteiger partial charge on any atom is -0.380 e. The van der Waals surface area contributed by atoms with Crippen LogP contribution in [-0.2, 0) is 0 Å². The number of aryl methyl sites for hydroxylation is 1. The third-order valence-corrected chi connectivity index (χ3v) is 2.13. The van der Waals surface area contributed by atoms with Crippen LogP contribution in [0.5, 0.6) is 0 Å². The molecule has 0 atom stereocenters. The molecule has 0 saturated carbocycles. The molecule has 15 heavy (non-hydrogen) atoms. The Kier molecular flexibility index (Phi) is 2.48. The molecule has 0 radical (unpaired) electrons. The Hall–Kier alpha value is -1.36. The van der Waals surface area contributed by atoms with Crippen molar-refractivity contribution >= 4 is 22.9 Å². The molecule has 0 saturated heterocycles. The van der Waals surface area contributed by atoms with Crippen LogP contribution in [0.3, 0.4) is 0 Å². The predicted molar refractivity (Wildman–Crippen MR) is 59.3 cm³/mol. The minimum absolute atomic E-state index is 0.310. The van der Waals surface area contributed by atoms with Crippen LogP contribution < -0.4 is 5.32 Å². The van der Waals surface area contributed by atoms with Gasteiger partial charge in [-0.25, -0.2) is 0 Å². The summed E-state index contributed by atoms with van der Waals surface area (Å²) in [4.78, 5) is 0. The molecule has 2 heterocycles. The predicted octanol–water partition coefficient (Wildman–Crippen LogP) is 1.91. The second-order valence-electron chi connectivity index (χ2n) is 3.66. The molecule has 0 unspecified atom stereocenters. The molecule has 0 aromatic carbocycles. The van der Waals surface area contributed by atoms with Crippen molar-refractivity contribution in [3.8, 4) is 0 Å².